The lowest BCUT2D eigenvalue weighted by Crippen LogP contribution is -2.38. The van der Waals surface area contributed by atoms with Crippen LogP contribution in [-0.2, 0) is 11.2 Å². The summed E-state index contributed by atoms with van der Waals surface area (Å²) >= 11 is 0. The van der Waals surface area contributed by atoms with Gasteiger partial charge in [-0.15, -0.1) is 0 Å². The first-order chi connectivity index (χ1) is 15.0. The van der Waals surface area contributed by atoms with E-state index in [2.05, 4.69) is 16.7 Å². The van der Waals surface area contributed by atoms with Gasteiger partial charge in [-0.2, -0.15) is 5.26 Å². The van der Waals surface area contributed by atoms with Crippen LogP contribution in [0.3, 0.4) is 0 Å². The van der Waals surface area contributed by atoms with Gasteiger partial charge in [0.1, 0.15) is 11.9 Å². The molecule has 0 fully saturated rings. The first-order valence-electron chi connectivity index (χ1n) is 10.3. The standard InChI is InChI=1S/C26H26FN3O/c1-18-16-22(13-14-23(18)27)24(15-12-19-8-10-20(17-28)11-9-19)30-25(26(31)29-2)21-6-4-3-5-7-21/h3-11,13-14,16,24-25,30H,12,15H2,1-2H3,(H,29,31)/t24-,25-/m0/s1. The molecular formula is C26H26FN3O. The van der Waals surface area contributed by atoms with Crippen LogP contribution in [-0.4, -0.2) is 13.0 Å². The van der Waals surface area contributed by atoms with E-state index >= 15 is 0 Å². The van der Waals surface area contributed by atoms with E-state index < -0.39 is 6.04 Å². The van der Waals surface area contributed by atoms with E-state index in [1.54, 1.807) is 32.2 Å². The number of likely N-dealkylation sites (N-methyl/N-ethyl adjacent to an activating group) is 1. The molecule has 3 rings (SSSR count). The molecule has 3 aromatic rings. The molecule has 4 nitrogen and oxygen atoms in total. The number of rotatable bonds is 8. The van der Waals surface area contributed by atoms with Crippen molar-refractivity contribution in [2.24, 2.45) is 0 Å². The fourth-order valence-electron chi connectivity index (χ4n) is 3.60. The molecule has 0 aliphatic rings. The molecular weight excluding hydrogens is 389 g/mol. The summed E-state index contributed by atoms with van der Waals surface area (Å²) in [5.74, 6) is -0.381. The molecule has 31 heavy (non-hydrogen) atoms. The summed E-state index contributed by atoms with van der Waals surface area (Å²) in [6.45, 7) is 1.74. The average Bonchev–Trinajstić information content (AvgIpc) is 2.81. The maximum Gasteiger partial charge on any atom is 0.241 e. The van der Waals surface area contributed by atoms with Crippen molar-refractivity contribution in [2.45, 2.75) is 31.8 Å². The van der Waals surface area contributed by atoms with Crippen LogP contribution in [0.2, 0.25) is 0 Å². The number of carbonyl (C=O) groups is 1. The lowest BCUT2D eigenvalue weighted by atomic mass is 9.95. The minimum absolute atomic E-state index is 0.131. The van der Waals surface area contributed by atoms with E-state index in [9.17, 15) is 9.18 Å². The molecule has 2 atom stereocenters. The Kier molecular flexibility index (Phi) is 7.53. The van der Waals surface area contributed by atoms with Gasteiger partial charge < -0.3 is 5.32 Å². The van der Waals surface area contributed by atoms with Crippen molar-refractivity contribution in [3.05, 3.63) is 106 Å². The second kappa shape index (κ2) is 10.5. The van der Waals surface area contributed by atoms with Gasteiger partial charge in [0, 0.05) is 13.1 Å². The molecule has 0 saturated heterocycles. The number of hydrogen-bond acceptors (Lipinski definition) is 3. The highest BCUT2D eigenvalue weighted by atomic mass is 19.1. The Morgan fingerprint density at radius 3 is 2.35 bits per heavy atom. The Bertz CT molecular complexity index is 1060. The van der Waals surface area contributed by atoms with Gasteiger partial charge in [0.2, 0.25) is 5.91 Å². The lowest BCUT2D eigenvalue weighted by molar-refractivity contribution is -0.123. The Balaban J connectivity index is 1.88. The number of aryl methyl sites for hydroxylation is 2. The van der Waals surface area contributed by atoms with E-state index in [1.807, 2.05) is 48.5 Å². The predicted molar refractivity (Wildman–Crippen MR) is 120 cm³/mol. The number of nitrogens with zero attached hydrogens (tertiary/aromatic N) is 1. The number of halogens is 1. The first-order valence-corrected chi connectivity index (χ1v) is 10.3. The Morgan fingerprint density at radius 2 is 1.74 bits per heavy atom. The van der Waals surface area contributed by atoms with Crippen molar-refractivity contribution < 1.29 is 9.18 Å². The number of benzene rings is 3. The molecule has 0 unspecified atom stereocenters. The summed E-state index contributed by atoms with van der Waals surface area (Å²) in [5, 5.41) is 15.2. The monoisotopic (exact) mass is 415 g/mol. The van der Waals surface area contributed by atoms with Gasteiger partial charge >= 0.3 is 0 Å². The van der Waals surface area contributed by atoms with Gasteiger partial charge in [-0.25, -0.2) is 4.39 Å². The Morgan fingerprint density at radius 1 is 1.03 bits per heavy atom. The molecule has 0 aliphatic carbocycles. The van der Waals surface area contributed by atoms with Crippen LogP contribution in [0.5, 0.6) is 0 Å². The van der Waals surface area contributed by atoms with Crippen LogP contribution < -0.4 is 10.6 Å². The number of hydrogen-bond donors (Lipinski definition) is 2. The molecule has 0 heterocycles. The molecule has 0 bridgehead atoms. The van der Waals surface area contributed by atoms with Gasteiger partial charge in [0.15, 0.2) is 0 Å². The smallest absolute Gasteiger partial charge is 0.241 e. The predicted octanol–water partition coefficient (Wildman–Crippen LogP) is 4.76. The number of nitrogens with one attached hydrogen (secondary N) is 2. The summed E-state index contributed by atoms with van der Waals surface area (Å²) in [6.07, 6.45) is 1.45. The zero-order valence-electron chi connectivity index (χ0n) is 17.7. The summed E-state index contributed by atoms with van der Waals surface area (Å²) < 4.78 is 13.9. The van der Waals surface area contributed by atoms with Crippen LogP contribution in [0.4, 0.5) is 4.39 Å². The molecule has 0 spiro atoms. The molecule has 5 heteroatoms. The van der Waals surface area contributed by atoms with Crippen molar-refractivity contribution >= 4 is 5.91 Å². The van der Waals surface area contributed by atoms with E-state index in [-0.39, 0.29) is 17.8 Å². The molecule has 0 radical (unpaired) electrons. The number of amides is 1. The highest BCUT2D eigenvalue weighted by Gasteiger charge is 2.24. The summed E-state index contributed by atoms with van der Waals surface area (Å²) in [6, 6.07) is 23.5. The minimum Gasteiger partial charge on any atom is -0.358 e. The van der Waals surface area contributed by atoms with Crippen LogP contribution >= 0.6 is 0 Å². The van der Waals surface area contributed by atoms with Crippen molar-refractivity contribution in [3.63, 3.8) is 0 Å². The fraction of sp³-hybridized carbons (Fsp3) is 0.231. The zero-order valence-corrected chi connectivity index (χ0v) is 17.7. The summed E-state index contributed by atoms with van der Waals surface area (Å²) in [4.78, 5) is 12.7. The largest absolute Gasteiger partial charge is 0.358 e. The minimum atomic E-state index is -0.539. The lowest BCUT2D eigenvalue weighted by Gasteiger charge is -2.26. The maximum atomic E-state index is 13.9. The van der Waals surface area contributed by atoms with Gasteiger partial charge in [-0.05, 0) is 60.2 Å². The third-order valence-electron chi connectivity index (χ3n) is 5.40. The number of carbonyl (C=O) groups excluding carboxylic acids is 1. The Hall–Kier alpha value is -3.49. The quantitative estimate of drug-likeness (QED) is 0.558. The maximum absolute atomic E-state index is 13.9. The van der Waals surface area contributed by atoms with Gasteiger partial charge in [0.25, 0.3) is 0 Å². The summed E-state index contributed by atoms with van der Waals surface area (Å²) in [5.41, 5.74) is 4.08. The van der Waals surface area contributed by atoms with Crippen molar-refractivity contribution in [1.29, 1.82) is 5.26 Å². The van der Waals surface area contributed by atoms with Crippen LogP contribution in [0, 0.1) is 24.1 Å². The van der Waals surface area contributed by atoms with Crippen molar-refractivity contribution in [3.8, 4) is 6.07 Å². The van der Waals surface area contributed by atoms with E-state index in [0.29, 0.717) is 17.5 Å². The second-order valence-corrected chi connectivity index (χ2v) is 7.53. The third kappa shape index (κ3) is 5.78. The second-order valence-electron chi connectivity index (χ2n) is 7.53. The molecule has 158 valence electrons. The van der Waals surface area contributed by atoms with Crippen LogP contribution in [0.15, 0.2) is 72.8 Å². The van der Waals surface area contributed by atoms with Gasteiger partial charge in [-0.1, -0.05) is 54.6 Å². The molecule has 0 aliphatic heterocycles. The normalized spacial score (nSPS) is 12.6. The number of nitriles is 1. The van der Waals surface area contributed by atoms with E-state index in [4.69, 9.17) is 5.26 Å². The zero-order chi connectivity index (χ0) is 22.2. The summed E-state index contributed by atoms with van der Waals surface area (Å²) in [7, 11) is 1.62. The van der Waals surface area contributed by atoms with Gasteiger partial charge in [-0.3, -0.25) is 10.1 Å². The van der Waals surface area contributed by atoms with Gasteiger partial charge in [0.05, 0.1) is 11.6 Å². The molecule has 0 saturated carbocycles. The van der Waals surface area contributed by atoms with Crippen molar-refractivity contribution in [1.82, 2.24) is 10.6 Å². The van der Waals surface area contributed by atoms with Crippen molar-refractivity contribution in [2.75, 3.05) is 7.05 Å². The average molecular weight is 416 g/mol. The van der Waals surface area contributed by atoms with Crippen LogP contribution in [0.25, 0.3) is 0 Å². The van der Waals surface area contributed by atoms with E-state index in [1.165, 1.54) is 6.07 Å². The molecule has 0 aromatic heterocycles. The fourth-order valence-corrected chi connectivity index (χ4v) is 3.60. The molecule has 3 aromatic carbocycles. The van der Waals surface area contributed by atoms with E-state index in [0.717, 1.165) is 23.1 Å². The highest BCUT2D eigenvalue weighted by molar-refractivity contribution is 5.83. The highest BCUT2D eigenvalue weighted by Crippen LogP contribution is 2.26. The topological polar surface area (TPSA) is 64.9 Å². The Labute approximate surface area is 182 Å². The first kappa shape index (κ1) is 22.2. The SMILES string of the molecule is CNC(=O)[C@@H](N[C@@H](CCc1ccc(C#N)cc1)c1ccc(F)c(C)c1)c1ccccc1. The van der Waals surface area contributed by atoms with Crippen LogP contribution in [0.1, 0.15) is 46.3 Å². The third-order valence-corrected chi connectivity index (χ3v) is 5.40. The molecule has 2 N–H and O–H groups in total. The molecule has 1 amide bonds.